The second-order valence-electron chi connectivity index (χ2n) is 4.82. The third-order valence-electron chi connectivity index (χ3n) is 3.53. The molecule has 0 N–H and O–H groups in total. The Labute approximate surface area is 114 Å². The van der Waals surface area contributed by atoms with E-state index in [9.17, 15) is 4.79 Å². The summed E-state index contributed by atoms with van der Waals surface area (Å²) in [5, 5.41) is 0. The molecule has 0 bridgehead atoms. The Kier molecular flexibility index (Phi) is 4.80. The molecule has 4 heteroatoms. The lowest BCUT2D eigenvalue weighted by molar-refractivity contribution is -0.144. The quantitative estimate of drug-likeness (QED) is 0.835. The van der Waals surface area contributed by atoms with E-state index >= 15 is 0 Å². The average Bonchev–Trinajstić information content (AvgIpc) is 2.43. The van der Waals surface area contributed by atoms with Gasteiger partial charge in [-0.3, -0.25) is 4.79 Å². The van der Waals surface area contributed by atoms with Crippen molar-refractivity contribution in [2.45, 2.75) is 32.4 Å². The van der Waals surface area contributed by atoms with Gasteiger partial charge in [-0.15, -0.1) is 0 Å². The number of ether oxygens (including phenoxy) is 2. The van der Waals surface area contributed by atoms with E-state index in [-0.39, 0.29) is 18.1 Å². The maximum absolute atomic E-state index is 12.1. The van der Waals surface area contributed by atoms with Gasteiger partial charge in [0.1, 0.15) is 5.75 Å². The fourth-order valence-corrected chi connectivity index (χ4v) is 2.20. The van der Waals surface area contributed by atoms with Crippen LogP contribution in [0.15, 0.2) is 30.3 Å². The number of rotatable bonds is 4. The summed E-state index contributed by atoms with van der Waals surface area (Å²) in [6.45, 7) is 5.75. The van der Waals surface area contributed by atoms with Crippen molar-refractivity contribution in [3.63, 3.8) is 0 Å². The molecule has 0 saturated carbocycles. The summed E-state index contributed by atoms with van der Waals surface area (Å²) < 4.78 is 11.1. The number of morpholine rings is 1. The van der Waals surface area contributed by atoms with Crippen LogP contribution in [0.25, 0.3) is 0 Å². The van der Waals surface area contributed by atoms with Crippen LogP contribution in [-0.2, 0) is 9.53 Å². The molecule has 1 aromatic rings. The molecule has 4 nitrogen and oxygen atoms in total. The van der Waals surface area contributed by atoms with Crippen LogP contribution < -0.4 is 4.74 Å². The summed E-state index contributed by atoms with van der Waals surface area (Å²) in [6, 6.07) is 9.70. The molecule has 1 fully saturated rings. The standard InChI is InChI=1S/C15H21NO3/c1-12-13(2)18-11-9-16(12)15(17)8-10-19-14-6-4-3-5-7-14/h3-7,12-13H,8-11H2,1-2H3. The molecule has 1 aliphatic heterocycles. The van der Waals surface area contributed by atoms with Gasteiger partial charge in [-0.1, -0.05) is 18.2 Å². The Bertz CT molecular complexity index is 407. The molecule has 0 aromatic heterocycles. The van der Waals surface area contributed by atoms with Crippen molar-refractivity contribution in [3.05, 3.63) is 30.3 Å². The first-order valence-corrected chi connectivity index (χ1v) is 6.77. The van der Waals surface area contributed by atoms with Gasteiger partial charge < -0.3 is 14.4 Å². The minimum Gasteiger partial charge on any atom is -0.493 e. The average molecular weight is 263 g/mol. The second-order valence-corrected chi connectivity index (χ2v) is 4.82. The first-order valence-electron chi connectivity index (χ1n) is 6.77. The van der Waals surface area contributed by atoms with E-state index < -0.39 is 0 Å². The summed E-state index contributed by atoms with van der Waals surface area (Å²) in [4.78, 5) is 14.0. The SMILES string of the molecule is CC1OCCN(C(=O)CCOc2ccccc2)C1C. The van der Waals surface area contributed by atoms with Gasteiger partial charge in [0.15, 0.2) is 0 Å². The third-order valence-corrected chi connectivity index (χ3v) is 3.53. The number of amides is 1. The number of para-hydroxylation sites is 1. The molecule has 1 aromatic carbocycles. The van der Waals surface area contributed by atoms with Crippen LogP contribution >= 0.6 is 0 Å². The number of hydrogen-bond donors (Lipinski definition) is 0. The molecule has 1 amide bonds. The molecule has 1 heterocycles. The maximum atomic E-state index is 12.1. The lowest BCUT2D eigenvalue weighted by atomic mass is 10.1. The molecule has 0 radical (unpaired) electrons. The van der Waals surface area contributed by atoms with Crippen LogP contribution in [0.4, 0.5) is 0 Å². The predicted octanol–water partition coefficient (Wildman–Crippen LogP) is 2.09. The molecule has 0 spiro atoms. The van der Waals surface area contributed by atoms with Crippen molar-refractivity contribution >= 4 is 5.91 Å². The molecule has 104 valence electrons. The second kappa shape index (κ2) is 6.57. The number of nitrogens with zero attached hydrogens (tertiary/aromatic N) is 1. The number of carbonyl (C=O) groups is 1. The minimum atomic E-state index is 0.104. The molecule has 1 saturated heterocycles. The number of carbonyl (C=O) groups excluding carboxylic acids is 1. The summed E-state index contributed by atoms with van der Waals surface area (Å²) in [5.41, 5.74) is 0. The van der Waals surface area contributed by atoms with E-state index in [1.807, 2.05) is 49.1 Å². The van der Waals surface area contributed by atoms with Crippen molar-refractivity contribution in [2.24, 2.45) is 0 Å². The normalized spacial score (nSPS) is 23.2. The Morgan fingerprint density at radius 3 is 2.84 bits per heavy atom. The Morgan fingerprint density at radius 2 is 2.11 bits per heavy atom. The maximum Gasteiger partial charge on any atom is 0.226 e. The van der Waals surface area contributed by atoms with Crippen LogP contribution in [0.2, 0.25) is 0 Å². The molecule has 0 aliphatic carbocycles. The molecule has 19 heavy (non-hydrogen) atoms. The smallest absolute Gasteiger partial charge is 0.226 e. The van der Waals surface area contributed by atoms with Crippen LogP contribution in [-0.4, -0.2) is 42.7 Å². The highest BCUT2D eigenvalue weighted by molar-refractivity contribution is 5.76. The van der Waals surface area contributed by atoms with Gasteiger partial charge >= 0.3 is 0 Å². The van der Waals surface area contributed by atoms with E-state index in [1.54, 1.807) is 0 Å². The van der Waals surface area contributed by atoms with Crippen molar-refractivity contribution in [2.75, 3.05) is 19.8 Å². The van der Waals surface area contributed by atoms with Crippen molar-refractivity contribution in [1.29, 1.82) is 0 Å². The number of hydrogen-bond acceptors (Lipinski definition) is 3. The van der Waals surface area contributed by atoms with E-state index in [0.717, 1.165) is 5.75 Å². The molecular formula is C15H21NO3. The van der Waals surface area contributed by atoms with E-state index in [1.165, 1.54) is 0 Å². The van der Waals surface area contributed by atoms with Gasteiger partial charge in [0, 0.05) is 6.54 Å². The van der Waals surface area contributed by atoms with E-state index in [4.69, 9.17) is 9.47 Å². The predicted molar refractivity (Wildman–Crippen MR) is 73.1 cm³/mol. The van der Waals surface area contributed by atoms with Crippen molar-refractivity contribution < 1.29 is 14.3 Å². The Morgan fingerprint density at radius 1 is 1.37 bits per heavy atom. The largest absolute Gasteiger partial charge is 0.493 e. The Hall–Kier alpha value is -1.55. The van der Waals surface area contributed by atoms with Crippen molar-refractivity contribution in [3.8, 4) is 5.75 Å². The topological polar surface area (TPSA) is 38.8 Å². The molecule has 2 atom stereocenters. The molecule has 2 rings (SSSR count). The van der Waals surface area contributed by atoms with Gasteiger partial charge in [0.05, 0.1) is 31.8 Å². The zero-order valence-electron chi connectivity index (χ0n) is 11.5. The van der Waals surface area contributed by atoms with Gasteiger partial charge in [-0.05, 0) is 26.0 Å². The minimum absolute atomic E-state index is 0.104. The molecule has 1 aliphatic rings. The lowest BCUT2D eigenvalue weighted by Gasteiger charge is -2.37. The van der Waals surface area contributed by atoms with Crippen LogP contribution in [0.3, 0.4) is 0 Å². The molecule has 2 unspecified atom stereocenters. The monoisotopic (exact) mass is 263 g/mol. The number of benzene rings is 1. The highest BCUT2D eigenvalue weighted by atomic mass is 16.5. The van der Waals surface area contributed by atoms with Gasteiger partial charge in [-0.25, -0.2) is 0 Å². The zero-order chi connectivity index (χ0) is 13.7. The van der Waals surface area contributed by atoms with Gasteiger partial charge in [0.25, 0.3) is 0 Å². The van der Waals surface area contributed by atoms with Gasteiger partial charge in [0.2, 0.25) is 5.91 Å². The van der Waals surface area contributed by atoms with Gasteiger partial charge in [-0.2, -0.15) is 0 Å². The van der Waals surface area contributed by atoms with Crippen LogP contribution in [0.1, 0.15) is 20.3 Å². The van der Waals surface area contributed by atoms with Crippen molar-refractivity contribution in [1.82, 2.24) is 4.90 Å². The fraction of sp³-hybridized carbons (Fsp3) is 0.533. The lowest BCUT2D eigenvalue weighted by Crippen LogP contribution is -2.51. The first kappa shape index (κ1) is 13.9. The summed E-state index contributed by atoms with van der Waals surface area (Å²) in [5.74, 6) is 0.942. The highest BCUT2D eigenvalue weighted by Gasteiger charge is 2.28. The summed E-state index contributed by atoms with van der Waals surface area (Å²) in [6.07, 6.45) is 0.513. The van der Waals surface area contributed by atoms with Crippen LogP contribution in [0, 0.1) is 0 Å². The fourth-order valence-electron chi connectivity index (χ4n) is 2.20. The summed E-state index contributed by atoms with van der Waals surface area (Å²) >= 11 is 0. The highest BCUT2D eigenvalue weighted by Crippen LogP contribution is 2.15. The Balaban J connectivity index is 1.78. The van der Waals surface area contributed by atoms with E-state index in [2.05, 4.69) is 0 Å². The zero-order valence-corrected chi connectivity index (χ0v) is 11.5. The molecular weight excluding hydrogens is 242 g/mol. The van der Waals surface area contributed by atoms with Crippen LogP contribution in [0.5, 0.6) is 5.75 Å². The third kappa shape index (κ3) is 3.70. The van der Waals surface area contributed by atoms with E-state index in [0.29, 0.717) is 26.2 Å². The first-order chi connectivity index (χ1) is 9.18. The summed E-state index contributed by atoms with van der Waals surface area (Å²) in [7, 11) is 0.